The van der Waals surface area contributed by atoms with Crippen molar-refractivity contribution in [3.63, 3.8) is 0 Å². The summed E-state index contributed by atoms with van der Waals surface area (Å²) in [6.45, 7) is 3.34. The van der Waals surface area contributed by atoms with E-state index in [0.29, 0.717) is 17.5 Å². The zero-order valence-electron chi connectivity index (χ0n) is 10.6. The maximum Gasteiger partial charge on any atom is 0.251 e. The maximum atomic E-state index is 12.3. The highest BCUT2D eigenvalue weighted by Crippen LogP contribution is 2.28. The van der Waals surface area contributed by atoms with Gasteiger partial charge in [0.05, 0.1) is 6.26 Å². The summed E-state index contributed by atoms with van der Waals surface area (Å²) in [6.07, 6.45) is 2.86. The van der Waals surface area contributed by atoms with E-state index >= 15 is 0 Å². The highest BCUT2D eigenvalue weighted by molar-refractivity contribution is 5.97. The van der Waals surface area contributed by atoms with Crippen LogP contribution in [-0.2, 0) is 0 Å². The average Bonchev–Trinajstić information content (AvgIpc) is 3.13. The van der Waals surface area contributed by atoms with Gasteiger partial charge in [-0.15, -0.1) is 0 Å². The third-order valence-electron chi connectivity index (χ3n) is 4.36. The normalized spacial score (nSPS) is 28.9. The van der Waals surface area contributed by atoms with Crippen molar-refractivity contribution in [3.8, 4) is 0 Å². The van der Waals surface area contributed by atoms with Gasteiger partial charge < -0.3 is 14.6 Å². The number of nitrogens with zero attached hydrogens (tertiary/aromatic N) is 1. The molecule has 2 aromatic rings. The minimum absolute atomic E-state index is 0.0295. The van der Waals surface area contributed by atoms with Gasteiger partial charge in [-0.3, -0.25) is 4.79 Å². The average molecular weight is 256 g/mol. The molecule has 19 heavy (non-hydrogen) atoms. The van der Waals surface area contributed by atoms with Crippen molar-refractivity contribution >= 4 is 16.9 Å². The summed E-state index contributed by atoms with van der Waals surface area (Å²) in [6, 6.07) is 7.78. The molecular weight excluding hydrogens is 240 g/mol. The Labute approximate surface area is 111 Å². The molecule has 2 bridgehead atoms. The van der Waals surface area contributed by atoms with Gasteiger partial charge in [0.2, 0.25) is 0 Å². The predicted molar refractivity (Wildman–Crippen MR) is 72.0 cm³/mol. The summed E-state index contributed by atoms with van der Waals surface area (Å²) >= 11 is 0. The van der Waals surface area contributed by atoms with Gasteiger partial charge >= 0.3 is 0 Å². The largest absolute Gasteiger partial charge is 0.464 e. The number of furan rings is 1. The van der Waals surface area contributed by atoms with Gasteiger partial charge in [-0.1, -0.05) is 0 Å². The van der Waals surface area contributed by atoms with Crippen LogP contribution >= 0.6 is 0 Å². The minimum Gasteiger partial charge on any atom is -0.464 e. The fraction of sp³-hybridized carbons (Fsp3) is 0.400. The van der Waals surface area contributed by atoms with Gasteiger partial charge in [-0.05, 0) is 43.1 Å². The minimum atomic E-state index is 0.0295. The molecule has 2 aliphatic rings. The van der Waals surface area contributed by atoms with Crippen LogP contribution in [0.25, 0.3) is 11.0 Å². The van der Waals surface area contributed by atoms with E-state index < -0.39 is 0 Å². The number of benzene rings is 1. The van der Waals surface area contributed by atoms with Crippen LogP contribution in [0.15, 0.2) is 34.9 Å². The molecule has 0 saturated carbocycles. The Hall–Kier alpha value is -1.81. The topological polar surface area (TPSA) is 45.5 Å². The van der Waals surface area contributed by atoms with Gasteiger partial charge in [0.15, 0.2) is 0 Å². The van der Waals surface area contributed by atoms with Crippen LogP contribution in [0.3, 0.4) is 0 Å². The number of hydrogen-bond acceptors (Lipinski definition) is 3. The Morgan fingerprint density at radius 2 is 2.26 bits per heavy atom. The molecule has 3 heterocycles. The van der Waals surface area contributed by atoms with E-state index in [4.69, 9.17) is 4.42 Å². The number of amides is 1. The van der Waals surface area contributed by atoms with Gasteiger partial charge in [0.1, 0.15) is 5.58 Å². The third kappa shape index (κ3) is 1.83. The third-order valence-corrected chi connectivity index (χ3v) is 4.36. The number of carbonyl (C=O) groups is 1. The summed E-state index contributed by atoms with van der Waals surface area (Å²) < 4.78 is 5.29. The zero-order chi connectivity index (χ0) is 12.8. The van der Waals surface area contributed by atoms with Gasteiger partial charge in [0, 0.05) is 30.1 Å². The highest BCUT2D eigenvalue weighted by atomic mass is 16.3. The number of carbonyl (C=O) groups excluding carboxylic acids is 1. The lowest BCUT2D eigenvalue weighted by Crippen LogP contribution is -2.43. The van der Waals surface area contributed by atoms with Crippen molar-refractivity contribution in [2.75, 3.05) is 19.6 Å². The first-order valence-electron chi connectivity index (χ1n) is 6.80. The molecule has 1 N–H and O–H groups in total. The molecular formula is C15H16N2O2. The molecule has 2 fully saturated rings. The first-order valence-corrected chi connectivity index (χ1v) is 6.80. The predicted octanol–water partition coefficient (Wildman–Crippen LogP) is 1.87. The van der Waals surface area contributed by atoms with Crippen molar-refractivity contribution in [1.29, 1.82) is 0 Å². The lowest BCUT2D eigenvalue weighted by atomic mass is 9.99. The van der Waals surface area contributed by atoms with E-state index in [1.807, 2.05) is 24.3 Å². The van der Waals surface area contributed by atoms with Crippen LogP contribution in [0, 0.1) is 5.92 Å². The first kappa shape index (κ1) is 11.1. The molecule has 4 nitrogen and oxygen atoms in total. The van der Waals surface area contributed by atoms with Crippen LogP contribution in [0.4, 0.5) is 0 Å². The van der Waals surface area contributed by atoms with Crippen LogP contribution in [0.1, 0.15) is 16.8 Å². The number of nitrogens with one attached hydrogen (secondary N) is 1. The van der Waals surface area contributed by atoms with Gasteiger partial charge in [-0.2, -0.15) is 0 Å². The fourth-order valence-electron chi connectivity index (χ4n) is 3.31. The Morgan fingerprint density at radius 3 is 3.05 bits per heavy atom. The molecule has 98 valence electrons. The van der Waals surface area contributed by atoms with Crippen LogP contribution in [0.2, 0.25) is 0 Å². The zero-order valence-corrected chi connectivity index (χ0v) is 10.6. The van der Waals surface area contributed by atoms with Gasteiger partial charge in [0.25, 0.3) is 5.91 Å². The monoisotopic (exact) mass is 256 g/mol. The molecule has 4 rings (SSSR count). The SMILES string of the molecule is O=C(NC1CN2CC[C@H]1C2)c1ccc2occc2c1. The van der Waals surface area contributed by atoms with Gasteiger partial charge in [-0.25, -0.2) is 0 Å². The first-order chi connectivity index (χ1) is 9.29. The van der Waals surface area contributed by atoms with Crippen molar-refractivity contribution in [2.24, 2.45) is 5.92 Å². The summed E-state index contributed by atoms with van der Waals surface area (Å²) in [4.78, 5) is 14.7. The van der Waals surface area contributed by atoms with Crippen LogP contribution < -0.4 is 5.32 Å². The molecule has 2 aliphatic heterocycles. The molecule has 0 radical (unpaired) electrons. The van der Waals surface area contributed by atoms with Crippen LogP contribution in [0.5, 0.6) is 0 Å². The lowest BCUT2D eigenvalue weighted by Gasteiger charge is -2.23. The van der Waals surface area contributed by atoms with E-state index in [2.05, 4.69) is 10.2 Å². The summed E-state index contributed by atoms with van der Waals surface area (Å²) in [5, 5.41) is 4.15. The summed E-state index contributed by atoms with van der Waals surface area (Å²) in [5.74, 6) is 0.670. The summed E-state index contributed by atoms with van der Waals surface area (Å²) in [7, 11) is 0. The smallest absolute Gasteiger partial charge is 0.251 e. The molecule has 3 atom stereocenters. The second-order valence-corrected chi connectivity index (χ2v) is 5.56. The molecule has 1 aromatic heterocycles. The van der Waals surface area contributed by atoms with Crippen LogP contribution in [-0.4, -0.2) is 36.5 Å². The number of piperidine rings is 1. The maximum absolute atomic E-state index is 12.3. The standard InChI is InChI=1S/C15H16N2O2/c18-15(16-13-9-17-5-3-12(13)8-17)11-1-2-14-10(7-11)4-6-19-14/h1-2,4,6-7,12-13H,3,5,8-9H2,(H,16,18)/t12-,13?/m0/s1. The highest BCUT2D eigenvalue weighted by Gasteiger charge is 2.38. The van der Waals surface area contributed by atoms with E-state index in [1.165, 1.54) is 13.0 Å². The molecule has 4 heteroatoms. The second-order valence-electron chi connectivity index (χ2n) is 5.56. The number of rotatable bonds is 2. The number of hydrogen-bond donors (Lipinski definition) is 1. The van der Waals surface area contributed by atoms with E-state index in [-0.39, 0.29) is 5.91 Å². The quantitative estimate of drug-likeness (QED) is 0.892. The van der Waals surface area contributed by atoms with E-state index in [1.54, 1.807) is 6.26 Å². The summed E-state index contributed by atoms with van der Waals surface area (Å²) in [5.41, 5.74) is 1.54. The Morgan fingerprint density at radius 1 is 1.32 bits per heavy atom. The molecule has 2 saturated heterocycles. The molecule has 0 aliphatic carbocycles. The molecule has 1 amide bonds. The van der Waals surface area contributed by atoms with E-state index in [0.717, 1.165) is 24.1 Å². The number of fused-ring (bicyclic) bond motifs is 3. The molecule has 0 spiro atoms. The lowest BCUT2D eigenvalue weighted by molar-refractivity contribution is 0.0924. The Kier molecular flexibility index (Phi) is 2.38. The molecule has 2 unspecified atom stereocenters. The van der Waals surface area contributed by atoms with Crippen molar-refractivity contribution < 1.29 is 9.21 Å². The fourth-order valence-corrected chi connectivity index (χ4v) is 3.31. The second kappa shape index (κ2) is 4.10. The van der Waals surface area contributed by atoms with E-state index in [9.17, 15) is 4.79 Å². The van der Waals surface area contributed by atoms with Crippen molar-refractivity contribution in [2.45, 2.75) is 12.5 Å². The van der Waals surface area contributed by atoms with Crippen molar-refractivity contribution in [1.82, 2.24) is 10.2 Å². The Bertz CT molecular complexity index is 634. The Balaban J connectivity index is 1.53. The molecule has 1 aromatic carbocycles. The van der Waals surface area contributed by atoms with Crippen molar-refractivity contribution in [3.05, 3.63) is 36.1 Å².